The summed E-state index contributed by atoms with van der Waals surface area (Å²) in [5.41, 5.74) is 0.994. The highest BCUT2D eigenvalue weighted by Gasteiger charge is 2.15. The molecule has 1 aromatic heterocycles. The maximum Gasteiger partial charge on any atom is 0.159 e. The molecule has 0 aliphatic heterocycles. The standard InChI is InChI=1S/C13H21ClN2O/c1-5-6-11(17-4)13-15-10(7-9(2)3)8-12(14)16-13/h8-9,11H,5-7H2,1-4H3. The van der Waals surface area contributed by atoms with Crippen molar-refractivity contribution in [2.24, 2.45) is 5.92 Å². The smallest absolute Gasteiger partial charge is 0.159 e. The third-order valence-electron chi connectivity index (χ3n) is 2.51. The van der Waals surface area contributed by atoms with Gasteiger partial charge in [0, 0.05) is 12.8 Å². The Morgan fingerprint density at radius 3 is 2.59 bits per heavy atom. The first-order chi connectivity index (χ1) is 8.06. The molecule has 0 aliphatic carbocycles. The number of rotatable bonds is 6. The second-order valence-electron chi connectivity index (χ2n) is 4.65. The molecule has 0 bridgehead atoms. The Kier molecular flexibility index (Phi) is 5.86. The summed E-state index contributed by atoms with van der Waals surface area (Å²) in [4.78, 5) is 8.80. The highest BCUT2D eigenvalue weighted by Crippen LogP contribution is 2.21. The zero-order valence-electron chi connectivity index (χ0n) is 11.0. The molecule has 0 radical (unpaired) electrons. The van der Waals surface area contributed by atoms with Gasteiger partial charge in [0.05, 0.1) is 0 Å². The van der Waals surface area contributed by atoms with E-state index in [4.69, 9.17) is 16.3 Å². The van der Waals surface area contributed by atoms with Crippen LogP contribution in [0.15, 0.2) is 6.07 Å². The number of hydrogen-bond acceptors (Lipinski definition) is 3. The van der Waals surface area contributed by atoms with Gasteiger partial charge in [-0.15, -0.1) is 0 Å². The van der Waals surface area contributed by atoms with Gasteiger partial charge in [0.25, 0.3) is 0 Å². The normalized spacial score (nSPS) is 13.1. The lowest BCUT2D eigenvalue weighted by atomic mass is 10.1. The summed E-state index contributed by atoms with van der Waals surface area (Å²) in [6, 6.07) is 1.84. The van der Waals surface area contributed by atoms with Crippen molar-refractivity contribution >= 4 is 11.6 Å². The van der Waals surface area contributed by atoms with E-state index in [1.54, 1.807) is 7.11 Å². The van der Waals surface area contributed by atoms with Crippen LogP contribution in [0.3, 0.4) is 0 Å². The summed E-state index contributed by atoms with van der Waals surface area (Å²) in [5, 5.41) is 0.504. The Balaban J connectivity index is 2.94. The van der Waals surface area contributed by atoms with Gasteiger partial charge in [0.15, 0.2) is 5.82 Å². The Hall–Kier alpha value is -0.670. The molecule has 1 atom stereocenters. The van der Waals surface area contributed by atoms with Crippen molar-refractivity contribution in [3.8, 4) is 0 Å². The average Bonchev–Trinajstić information content (AvgIpc) is 2.23. The molecule has 0 amide bonds. The van der Waals surface area contributed by atoms with Crippen LogP contribution in [0.4, 0.5) is 0 Å². The molecule has 1 aromatic rings. The summed E-state index contributed by atoms with van der Waals surface area (Å²) in [7, 11) is 1.69. The second kappa shape index (κ2) is 6.92. The maximum atomic E-state index is 6.03. The number of nitrogens with zero attached hydrogens (tertiary/aromatic N) is 2. The minimum absolute atomic E-state index is 0.0513. The van der Waals surface area contributed by atoms with E-state index in [2.05, 4.69) is 30.7 Å². The fourth-order valence-electron chi connectivity index (χ4n) is 1.76. The van der Waals surface area contributed by atoms with Crippen molar-refractivity contribution < 1.29 is 4.74 Å². The third-order valence-corrected chi connectivity index (χ3v) is 2.70. The molecule has 17 heavy (non-hydrogen) atoms. The van der Waals surface area contributed by atoms with Gasteiger partial charge in [0.1, 0.15) is 11.3 Å². The van der Waals surface area contributed by atoms with Gasteiger partial charge in [0.2, 0.25) is 0 Å². The maximum absolute atomic E-state index is 6.03. The fraction of sp³-hybridized carbons (Fsp3) is 0.692. The van der Waals surface area contributed by atoms with E-state index >= 15 is 0 Å². The summed E-state index contributed by atoms with van der Waals surface area (Å²) in [6.45, 7) is 6.44. The van der Waals surface area contributed by atoms with E-state index in [0.717, 1.165) is 25.0 Å². The monoisotopic (exact) mass is 256 g/mol. The lowest BCUT2D eigenvalue weighted by Crippen LogP contribution is -2.09. The van der Waals surface area contributed by atoms with E-state index in [9.17, 15) is 0 Å². The fourth-order valence-corrected chi connectivity index (χ4v) is 1.98. The lowest BCUT2D eigenvalue weighted by Gasteiger charge is -2.14. The van der Waals surface area contributed by atoms with Crippen molar-refractivity contribution in [2.45, 2.75) is 46.1 Å². The van der Waals surface area contributed by atoms with Gasteiger partial charge in [-0.2, -0.15) is 0 Å². The highest BCUT2D eigenvalue weighted by atomic mass is 35.5. The Morgan fingerprint density at radius 1 is 1.35 bits per heavy atom. The quantitative estimate of drug-likeness (QED) is 0.726. The minimum Gasteiger partial charge on any atom is -0.373 e. The van der Waals surface area contributed by atoms with Crippen LogP contribution in [0.2, 0.25) is 5.15 Å². The van der Waals surface area contributed by atoms with Gasteiger partial charge in [-0.25, -0.2) is 9.97 Å². The zero-order chi connectivity index (χ0) is 12.8. The van der Waals surface area contributed by atoms with E-state index in [-0.39, 0.29) is 6.10 Å². The molecular weight excluding hydrogens is 236 g/mol. The highest BCUT2D eigenvalue weighted by molar-refractivity contribution is 6.29. The van der Waals surface area contributed by atoms with Crippen LogP contribution in [-0.2, 0) is 11.2 Å². The van der Waals surface area contributed by atoms with Crippen molar-refractivity contribution in [2.75, 3.05) is 7.11 Å². The molecule has 1 unspecified atom stereocenters. The first kappa shape index (κ1) is 14.4. The van der Waals surface area contributed by atoms with Gasteiger partial charge in [-0.05, 0) is 24.8 Å². The number of methoxy groups -OCH3 is 1. The van der Waals surface area contributed by atoms with Gasteiger partial charge >= 0.3 is 0 Å². The Bertz CT molecular complexity index is 355. The third kappa shape index (κ3) is 4.60. The molecule has 0 spiro atoms. The first-order valence-corrected chi connectivity index (χ1v) is 6.50. The van der Waals surface area contributed by atoms with Crippen LogP contribution in [0.1, 0.15) is 51.2 Å². The van der Waals surface area contributed by atoms with Crippen LogP contribution in [0.5, 0.6) is 0 Å². The molecule has 1 rings (SSSR count). The average molecular weight is 257 g/mol. The number of ether oxygens (including phenoxy) is 1. The molecule has 0 aromatic carbocycles. The molecule has 0 fully saturated rings. The predicted molar refractivity (Wildman–Crippen MR) is 70.2 cm³/mol. The van der Waals surface area contributed by atoms with E-state index < -0.39 is 0 Å². The number of halogens is 1. The molecule has 0 N–H and O–H groups in total. The second-order valence-corrected chi connectivity index (χ2v) is 5.04. The lowest BCUT2D eigenvalue weighted by molar-refractivity contribution is 0.0874. The van der Waals surface area contributed by atoms with Crippen molar-refractivity contribution in [3.05, 3.63) is 22.7 Å². The van der Waals surface area contributed by atoms with Gasteiger partial charge in [-0.3, -0.25) is 0 Å². The SMILES string of the molecule is CCCC(OC)c1nc(Cl)cc(CC(C)C)n1. The van der Waals surface area contributed by atoms with Crippen molar-refractivity contribution in [1.29, 1.82) is 0 Å². The largest absolute Gasteiger partial charge is 0.373 e. The molecule has 96 valence electrons. The topological polar surface area (TPSA) is 35.0 Å². The molecule has 4 heteroatoms. The van der Waals surface area contributed by atoms with Crippen LogP contribution in [0, 0.1) is 5.92 Å². The zero-order valence-corrected chi connectivity index (χ0v) is 11.8. The first-order valence-electron chi connectivity index (χ1n) is 6.13. The molecule has 0 saturated carbocycles. The van der Waals surface area contributed by atoms with Crippen LogP contribution in [0.25, 0.3) is 0 Å². The molecule has 0 saturated heterocycles. The van der Waals surface area contributed by atoms with Gasteiger partial charge in [-0.1, -0.05) is 38.8 Å². The summed E-state index contributed by atoms with van der Waals surface area (Å²) < 4.78 is 5.41. The van der Waals surface area contributed by atoms with E-state index in [1.807, 2.05) is 6.07 Å². The summed E-state index contributed by atoms with van der Waals surface area (Å²) in [5.74, 6) is 1.26. The van der Waals surface area contributed by atoms with E-state index in [1.165, 1.54) is 0 Å². The minimum atomic E-state index is -0.0513. The number of aromatic nitrogens is 2. The number of hydrogen-bond donors (Lipinski definition) is 0. The Morgan fingerprint density at radius 2 is 2.06 bits per heavy atom. The molecular formula is C13H21ClN2O. The van der Waals surface area contributed by atoms with Crippen molar-refractivity contribution in [1.82, 2.24) is 9.97 Å². The molecule has 0 aliphatic rings. The molecule has 1 heterocycles. The van der Waals surface area contributed by atoms with Crippen LogP contribution >= 0.6 is 11.6 Å². The molecule has 3 nitrogen and oxygen atoms in total. The van der Waals surface area contributed by atoms with Gasteiger partial charge < -0.3 is 4.74 Å². The van der Waals surface area contributed by atoms with E-state index in [0.29, 0.717) is 16.9 Å². The van der Waals surface area contributed by atoms with Crippen LogP contribution in [-0.4, -0.2) is 17.1 Å². The predicted octanol–water partition coefficient (Wildman–Crippen LogP) is 3.82. The summed E-state index contributed by atoms with van der Waals surface area (Å²) in [6.07, 6.45) is 2.81. The van der Waals surface area contributed by atoms with Crippen LogP contribution < -0.4 is 0 Å². The van der Waals surface area contributed by atoms with Crippen molar-refractivity contribution in [3.63, 3.8) is 0 Å². The summed E-state index contributed by atoms with van der Waals surface area (Å²) >= 11 is 6.03. The Labute approximate surface area is 109 Å².